The van der Waals surface area contributed by atoms with Crippen molar-refractivity contribution in [2.75, 3.05) is 39.3 Å². The van der Waals surface area contributed by atoms with Crippen LogP contribution in [0.1, 0.15) is 12.8 Å². The van der Waals surface area contributed by atoms with E-state index in [1.807, 2.05) is 0 Å². The van der Waals surface area contributed by atoms with Crippen LogP contribution in [0.15, 0.2) is 0 Å². The lowest BCUT2D eigenvalue weighted by atomic mass is 9.98. The van der Waals surface area contributed by atoms with Crippen molar-refractivity contribution >= 4 is 11.9 Å². The highest BCUT2D eigenvalue weighted by Crippen LogP contribution is 2.16. The lowest BCUT2D eigenvalue weighted by Crippen LogP contribution is -2.42. The number of hydrogen-bond donors (Lipinski definition) is 2. The summed E-state index contributed by atoms with van der Waals surface area (Å²) in [7, 11) is 0. The van der Waals surface area contributed by atoms with Crippen LogP contribution in [0, 0.1) is 5.92 Å². The fourth-order valence-corrected chi connectivity index (χ4v) is 2.32. The summed E-state index contributed by atoms with van der Waals surface area (Å²) in [6.45, 7) is 3.47. The zero-order valence-electron chi connectivity index (χ0n) is 9.89. The summed E-state index contributed by atoms with van der Waals surface area (Å²) >= 11 is 0. The van der Waals surface area contributed by atoms with Gasteiger partial charge in [-0.2, -0.15) is 0 Å². The normalized spacial score (nSPS) is 23.2. The highest BCUT2D eigenvalue weighted by atomic mass is 16.3. The number of amides is 3. The van der Waals surface area contributed by atoms with Crippen molar-refractivity contribution in [3.8, 4) is 0 Å². The minimum Gasteiger partial charge on any atom is -0.396 e. The maximum atomic E-state index is 11.3. The van der Waals surface area contributed by atoms with E-state index in [0.717, 1.165) is 32.5 Å². The smallest absolute Gasteiger partial charge is 0.324 e. The summed E-state index contributed by atoms with van der Waals surface area (Å²) in [5.41, 5.74) is 0. The Balaban J connectivity index is 1.72. The van der Waals surface area contributed by atoms with Gasteiger partial charge < -0.3 is 15.3 Å². The molecule has 0 bridgehead atoms. The van der Waals surface area contributed by atoms with Gasteiger partial charge >= 0.3 is 6.03 Å². The number of piperidine rings is 1. The molecule has 3 amide bonds. The molecule has 6 heteroatoms. The number of nitrogens with zero attached hydrogens (tertiary/aromatic N) is 2. The zero-order chi connectivity index (χ0) is 12.3. The summed E-state index contributed by atoms with van der Waals surface area (Å²) in [5.74, 6) is 0.281. The molecule has 2 N–H and O–H groups in total. The number of aliphatic hydroxyl groups excluding tert-OH is 1. The van der Waals surface area contributed by atoms with Gasteiger partial charge in [0.05, 0.1) is 6.54 Å². The number of carbonyl (C=O) groups is 2. The standard InChI is InChI=1S/C11H19N3O3/c15-8-9-1-3-13(4-2-9)5-6-14-10(16)7-12-11(14)17/h9,15H,1-8H2,(H,12,17). The van der Waals surface area contributed by atoms with E-state index in [2.05, 4.69) is 10.2 Å². The second-order valence-corrected chi connectivity index (χ2v) is 4.67. The van der Waals surface area contributed by atoms with E-state index in [-0.39, 0.29) is 25.1 Å². The number of nitrogens with one attached hydrogen (secondary N) is 1. The second-order valence-electron chi connectivity index (χ2n) is 4.67. The van der Waals surface area contributed by atoms with E-state index in [1.165, 1.54) is 4.90 Å². The molecule has 0 saturated carbocycles. The minimum absolute atomic E-state index is 0.130. The van der Waals surface area contributed by atoms with Gasteiger partial charge in [0.25, 0.3) is 0 Å². The van der Waals surface area contributed by atoms with Crippen LogP contribution in [0.3, 0.4) is 0 Å². The Kier molecular flexibility index (Phi) is 3.96. The Morgan fingerprint density at radius 3 is 2.47 bits per heavy atom. The van der Waals surface area contributed by atoms with Gasteiger partial charge in [-0.3, -0.25) is 9.69 Å². The maximum absolute atomic E-state index is 11.3. The second kappa shape index (κ2) is 5.46. The van der Waals surface area contributed by atoms with Crippen LogP contribution in [0.25, 0.3) is 0 Å². The van der Waals surface area contributed by atoms with Crippen molar-refractivity contribution in [2.24, 2.45) is 5.92 Å². The van der Waals surface area contributed by atoms with Gasteiger partial charge in [0.1, 0.15) is 0 Å². The van der Waals surface area contributed by atoms with E-state index < -0.39 is 0 Å². The highest BCUT2D eigenvalue weighted by molar-refractivity contribution is 6.01. The largest absolute Gasteiger partial charge is 0.396 e. The van der Waals surface area contributed by atoms with Crippen molar-refractivity contribution in [3.05, 3.63) is 0 Å². The molecule has 0 radical (unpaired) electrons. The highest BCUT2D eigenvalue weighted by Gasteiger charge is 2.28. The van der Waals surface area contributed by atoms with Crippen LogP contribution in [0.2, 0.25) is 0 Å². The molecule has 6 nitrogen and oxygen atoms in total. The van der Waals surface area contributed by atoms with Gasteiger partial charge in [0.15, 0.2) is 0 Å². The minimum atomic E-state index is -0.278. The molecule has 2 saturated heterocycles. The Hall–Kier alpha value is -1.14. The molecular weight excluding hydrogens is 222 g/mol. The summed E-state index contributed by atoms with van der Waals surface area (Å²) < 4.78 is 0. The zero-order valence-corrected chi connectivity index (χ0v) is 9.89. The fraction of sp³-hybridized carbons (Fsp3) is 0.818. The summed E-state index contributed by atoms with van der Waals surface area (Å²) in [6.07, 6.45) is 1.99. The van der Waals surface area contributed by atoms with Crippen LogP contribution in [0.5, 0.6) is 0 Å². The molecule has 0 aromatic rings. The van der Waals surface area contributed by atoms with E-state index in [1.54, 1.807) is 0 Å². The van der Waals surface area contributed by atoms with Gasteiger partial charge in [0.2, 0.25) is 5.91 Å². The van der Waals surface area contributed by atoms with Gasteiger partial charge in [-0.05, 0) is 31.8 Å². The molecule has 0 unspecified atom stereocenters. The van der Waals surface area contributed by atoms with Gasteiger partial charge in [0, 0.05) is 19.7 Å². The molecule has 96 valence electrons. The number of hydrogen-bond acceptors (Lipinski definition) is 4. The SMILES string of the molecule is O=C1CNC(=O)N1CCN1CCC(CO)CC1. The Morgan fingerprint density at radius 1 is 1.24 bits per heavy atom. The van der Waals surface area contributed by atoms with Gasteiger partial charge in [-0.25, -0.2) is 4.79 Å². The third kappa shape index (κ3) is 2.95. The average molecular weight is 241 g/mol. The van der Waals surface area contributed by atoms with Crippen molar-refractivity contribution in [1.82, 2.24) is 15.1 Å². The Labute approximate surface area is 101 Å². The maximum Gasteiger partial charge on any atom is 0.324 e. The summed E-state index contributed by atoms with van der Waals surface area (Å²) in [6, 6.07) is -0.278. The third-order valence-electron chi connectivity index (χ3n) is 3.54. The van der Waals surface area contributed by atoms with E-state index >= 15 is 0 Å². The molecule has 2 heterocycles. The van der Waals surface area contributed by atoms with E-state index in [0.29, 0.717) is 12.5 Å². The first kappa shape index (κ1) is 12.3. The summed E-state index contributed by atoms with van der Waals surface area (Å²) in [4.78, 5) is 26.2. The number of rotatable bonds is 4. The van der Waals surface area contributed by atoms with E-state index in [4.69, 9.17) is 5.11 Å². The van der Waals surface area contributed by atoms with Crippen LogP contribution < -0.4 is 5.32 Å². The topological polar surface area (TPSA) is 72.9 Å². The molecule has 0 aromatic carbocycles. The first-order chi connectivity index (χ1) is 8.20. The first-order valence-electron chi connectivity index (χ1n) is 6.12. The molecule has 2 aliphatic rings. The first-order valence-corrected chi connectivity index (χ1v) is 6.12. The molecule has 0 spiro atoms. The lowest BCUT2D eigenvalue weighted by molar-refractivity contribution is -0.125. The Morgan fingerprint density at radius 2 is 1.94 bits per heavy atom. The van der Waals surface area contributed by atoms with E-state index in [9.17, 15) is 9.59 Å². The van der Waals surface area contributed by atoms with Crippen molar-refractivity contribution < 1.29 is 14.7 Å². The number of likely N-dealkylation sites (tertiary alicyclic amines) is 1. The number of imide groups is 1. The molecule has 0 atom stereocenters. The average Bonchev–Trinajstić information content (AvgIpc) is 2.67. The Bertz CT molecular complexity index is 284. The molecule has 2 fully saturated rings. The van der Waals surface area contributed by atoms with Crippen LogP contribution >= 0.6 is 0 Å². The number of aliphatic hydroxyl groups is 1. The van der Waals surface area contributed by atoms with Crippen LogP contribution in [-0.4, -0.2) is 66.2 Å². The van der Waals surface area contributed by atoms with Crippen LogP contribution in [0.4, 0.5) is 4.79 Å². The van der Waals surface area contributed by atoms with Crippen molar-refractivity contribution in [1.29, 1.82) is 0 Å². The predicted octanol–water partition coefficient (Wildman–Crippen LogP) is -0.757. The summed E-state index contributed by atoms with van der Waals surface area (Å²) in [5, 5.41) is 11.5. The van der Waals surface area contributed by atoms with Gasteiger partial charge in [-0.1, -0.05) is 0 Å². The van der Waals surface area contributed by atoms with Crippen molar-refractivity contribution in [3.63, 3.8) is 0 Å². The molecule has 2 rings (SSSR count). The lowest BCUT2D eigenvalue weighted by Gasteiger charge is -2.31. The number of carbonyl (C=O) groups excluding carboxylic acids is 2. The fourth-order valence-electron chi connectivity index (χ4n) is 2.32. The van der Waals surface area contributed by atoms with Crippen molar-refractivity contribution in [2.45, 2.75) is 12.8 Å². The molecule has 0 aromatic heterocycles. The predicted molar refractivity (Wildman–Crippen MR) is 61.4 cm³/mol. The quantitative estimate of drug-likeness (QED) is 0.635. The molecule has 2 aliphatic heterocycles. The monoisotopic (exact) mass is 241 g/mol. The number of urea groups is 1. The molecular formula is C11H19N3O3. The third-order valence-corrected chi connectivity index (χ3v) is 3.54. The van der Waals surface area contributed by atoms with Crippen LogP contribution in [-0.2, 0) is 4.79 Å². The molecule has 0 aliphatic carbocycles. The van der Waals surface area contributed by atoms with Gasteiger partial charge in [-0.15, -0.1) is 0 Å². The molecule has 17 heavy (non-hydrogen) atoms.